The number of nitrogens with zero attached hydrogens (tertiary/aromatic N) is 4. The van der Waals surface area contributed by atoms with Gasteiger partial charge in [0.05, 0.1) is 7.05 Å². The molecule has 6 nitrogen and oxygen atoms in total. The highest BCUT2D eigenvalue weighted by molar-refractivity contribution is 5.29. The minimum Gasteiger partial charge on any atom is -0.435 e. The Balaban J connectivity index is 2.10. The first-order chi connectivity index (χ1) is 10.1. The van der Waals surface area contributed by atoms with E-state index in [1.54, 1.807) is 19.2 Å². The first-order valence-electron chi connectivity index (χ1n) is 6.59. The molecule has 0 saturated carbocycles. The Kier molecular flexibility index (Phi) is 5.15. The summed E-state index contributed by atoms with van der Waals surface area (Å²) in [6.07, 6.45) is 0.566. The van der Waals surface area contributed by atoms with Gasteiger partial charge in [0.2, 0.25) is 0 Å². The maximum Gasteiger partial charge on any atom is 0.387 e. The van der Waals surface area contributed by atoms with E-state index in [4.69, 9.17) is 0 Å². The van der Waals surface area contributed by atoms with E-state index in [2.05, 4.69) is 25.5 Å². The van der Waals surface area contributed by atoms with E-state index in [-0.39, 0.29) is 11.8 Å². The topological polar surface area (TPSA) is 64.9 Å². The molecule has 1 heterocycles. The van der Waals surface area contributed by atoms with Crippen LogP contribution in [0.4, 0.5) is 8.78 Å². The molecule has 114 valence electrons. The predicted molar refractivity (Wildman–Crippen MR) is 72.0 cm³/mol. The molecular weight excluding hydrogens is 280 g/mol. The van der Waals surface area contributed by atoms with E-state index in [9.17, 15) is 8.78 Å². The number of alkyl halides is 2. The fraction of sp³-hybridized carbons (Fsp3) is 0.462. The first-order valence-corrected chi connectivity index (χ1v) is 6.59. The van der Waals surface area contributed by atoms with Crippen LogP contribution in [0.15, 0.2) is 24.3 Å². The average Bonchev–Trinajstić information content (AvgIpc) is 2.84. The van der Waals surface area contributed by atoms with Crippen LogP contribution in [0.1, 0.15) is 24.4 Å². The minimum atomic E-state index is -2.82. The maximum absolute atomic E-state index is 12.1. The smallest absolute Gasteiger partial charge is 0.387 e. The second kappa shape index (κ2) is 7.07. The Morgan fingerprint density at radius 2 is 2.00 bits per heavy atom. The van der Waals surface area contributed by atoms with Gasteiger partial charge >= 0.3 is 6.61 Å². The third-order valence-electron chi connectivity index (χ3n) is 2.89. The van der Waals surface area contributed by atoms with Gasteiger partial charge in [0.25, 0.3) is 0 Å². The molecule has 21 heavy (non-hydrogen) atoms. The van der Waals surface area contributed by atoms with E-state index >= 15 is 0 Å². The van der Waals surface area contributed by atoms with E-state index in [1.807, 2.05) is 6.92 Å². The van der Waals surface area contributed by atoms with Gasteiger partial charge in [-0.25, -0.2) is 0 Å². The molecule has 0 aliphatic heterocycles. The van der Waals surface area contributed by atoms with Crippen LogP contribution in [0.3, 0.4) is 0 Å². The normalized spacial score (nSPS) is 12.6. The third kappa shape index (κ3) is 4.45. The fourth-order valence-corrected chi connectivity index (χ4v) is 2.02. The maximum atomic E-state index is 12.1. The average molecular weight is 297 g/mol. The van der Waals surface area contributed by atoms with Crippen LogP contribution in [0, 0.1) is 0 Å². The Hall–Kier alpha value is -2.09. The number of aromatic nitrogens is 4. The highest BCUT2D eigenvalue weighted by Crippen LogP contribution is 2.21. The number of aryl methyl sites for hydroxylation is 1. The van der Waals surface area contributed by atoms with Gasteiger partial charge in [0, 0.05) is 12.5 Å². The van der Waals surface area contributed by atoms with Crippen LogP contribution in [0.25, 0.3) is 0 Å². The lowest BCUT2D eigenvalue weighted by molar-refractivity contribution is -0.0498. The zero-order valence-corrected chi connectivity index (χ0v) is 11.8. The number of ether oxygens (including phenoxy) is 1. The summed E-state index contributed by atoms with van der Waals surface area (Å²) < 4.78 is 28.6. The predicted octanol–water partition coefficient (Wildman–Crippen LogP) is 1.70. The summed E-state index contributed by atoms with van der Waals surface area (Å²) in [5.41, 5.74) is 0.950. The molecule has 2 rings (SSSR count). The summed E-state index contributed by atoms with van der Waals surface area (Å²) in [6, 6.07) is 6.54. The number of rotatable bonds is 7. The molecule has 0 fully saturated rings. The second-order valence-electron chi connectivity index (χ2n) is 4.46. The van der Waals surface area contributed by atoms with Gasteiger partial charge in [-0.2, -0.15) is 13.6 Å². The summed E-state index contributed by atoms with van der Waals surface area (Å²) in [7, 11) is 1.70. The van der Waals surface area contributed by atoms with Crippen LogP contribution in [-0.2, 0) is 13.5 Å². The number of tetrazole rings is 1. The van der Waals surface area contributed by atoms with Crippen molar-refractivity contribution in [3.8, 4) is 5.75 Å². The van der Waals surface area contributed by atoms with Crippen molar-refractivity contribution >= 4 is 0 Å². The Morgan fingerprint density at radius 1 is 1.29 bits per heavy atom. The van der Waals surface area contributed by atoms with E-state index < -0.39 is 6.61 Å². The van der Waals surface area contributed by atoms with Crippen molar-refractivity contribution in [3.63, 3.8) is 0 Å². The van der Waals surface area contributed by atoms with E-state index in [1.165, 1.54) is 16.9 Å². The zero-order valence-electron chi connectivity index (χ0n) is 11.8. The lowest BCUT2D eigenvalue weighted by atomic mass is 10.0. The summed E-state index contributed by atoms with van der Waals surface area (Å²) >= 11 is 0. The van der Waals surface area contributed by atoms with Crippen LogP contribution in [0.2, 0.25) is 0 Å². The molecular formula is C13H17F2N5O. The van der Waals surface area contributed by atoms with Crippen LogP contribution in [-0.4, -0.2) is 33.4 Å². The Labute approximate surface area is 121 Å². The quantitative estimate of drug-likeness (QED) is 0.842. The standard InChI is InChI=1S/C13H17F2N5O/c1-3-16-11(8-12-17-19-20(2)18-12)9-4-6-10(7-5-9)21-13(14)15/h4-7,11,13,16H,3,8H2,1-2H3. The number of hydrogen-bond donors (Lipinski definition) is 1. The van der Waals surface area contributed by atoms with Gasteiger partial charge < -0.3 is 10.1 Å². The lowest BCUT2D eigenvalue weighted by Crippen LogP contribution is -2.23. The molecule has 0 saturated heterocycles. The van der Waals surface area contributed by atoms with Crippen LogP contribution < -0.4 is 10.1 Å². The molecule has 2 aromatic rings. The fourth-order valence-electron chi connectivity index (χ4n) is 2.02. The SMILES string of the molecule is CCNC(Cc1nnn(C)n1)c1ccc(OC(F)F)cc1. The summed E-state index contributed by atoms with van der Waals surface area (Å²) in [5.74, 6) is 0.762. The van der Waals surface area contributed by atoms with Crippen molar-refractivity contribution in [2.75, 3.05) is 6.54 Å². The van der Waals surface area contributed by atoms with E-state index in [0.29, 0.717) is 12.2 Å². The molecule has 0 spiro atoms. The van der Waals surface area contributed by atoms with Gasteiger partial charge in [-0.05, 0) is 29.5 Å². The number of likely N-dealkylation sites (N-methyl/N-ethyl adjacent to an activating group) is 1. The van der Waals surface area contributed by atoms with Gasteiger partial charge in [0.1, 0.15) is 5.75 Å². The summed E-state index contributed by atoms with van der Waals surface area (Å²) in [5, 5.41) is 15.2. The van der Waals surface area contributed by atoms with Crippen LogP contribution >= 0.6 is 0 Å². The number of nitrogens with one attached hydrogen (secondary N) is 1. The van der Waals surface area contributed by atoms with Crippen molar-refractivity contribution in [1.29, 1.82) is 0 Å². The largest absolute Gasteiger partial charge is 0.435 e. The lowest BCUT2D eigenvalue weighted by Gasteiger charge is -2.17. The molecule has 1 atom stereocenters. The van der Waals surface area contributed by atoms with Crippen molar-refractivity contribution in [1.82, 2.24) is 25.5 Å². The molecule has 0 aliphatic carbocycles. The molecule has 1 aromatic carbocycles. The molecule has 1 unspecified atom stereocenters. The molecule has 0 amide bonds. The number of hydrogen-bond acceptors (Lipinski definition) is 5. The van der Waals surface area contributed by atoms with E-state index in [0.717, 1.165) is 12.1 Å². The van der Waals surface area contributed by atoms with Crippen molar-refractivity contribution < 1.29 is 13.5 Å². The Morgan fingerprint density at radius 3 is 2.52 bits per heavy atom. The van der Waals surface area contributed by atoms with Gasteiger partial charge in [-0.1, -0.05) is 19.1 Å². The van der Waals surface area contributed by atoms with Gasteiger partial charge in [-0.3, -0.25) is 0 Å². The van der Waals surface area contributed by atoms with Crippen molar-refractivity contribution in [2.24, 2.45) is 7.05 Å². The van der Waals surface area contributed by atoms with Gasteiger partial charge in [0.15, 0.2) is 5.82 Å². The number of halogens is 2. The highest BCUT2D eigenvalue weighted by Gasteiger charge is 2.15. The molecule has 8 heteroatoms. The molecule has 0 radical (unpaired) electrons. The van der Waals surface area contributed by atoms with Crippen LogP contribution in [0.5, 0.6) is 5.75 Å². The molecule has 1 aromatic heterocycles. The summed E-state index contributed by atoms with van der Waals surface area (Å²) in [4.78, 5) is 1.40. The Bertz CT molecular complexity index is 558. The van der Waals surface area contributed by atoms with Crippen molar-refractivity contribution in [2.45, 2.75) is 26.0 Å². The number of benzene rings is 1. The molecule has 1 N–H and O–H groups in total. The monoisotopic (exact) mass is 297 g/mol. The highest BCUT2D eigenvalue weighted by atomic mass is 19.3. The third-order valence-corrected chi connectivity index (χ3v) is 2.89. The molecule has 0 bridgehead atoms. The summed E-state index contributed by atoms with van der Waals surface area (Å²) in [6.45, 7) is -0.0600. The zero-order chi connectivity index (χ0) is 15.2. The second-order valence-corrected chi connectivity index (χ2v) is 4.46. The minimum absolute atomic E-state index is 0.0141. The van der Waals surface area contributed by atoms with Crippen molar-refractivity contribution in [3.05, 3.63) is 35.7 Å². The molecule has 0 aliphatic rings. The van der Waals surface area contributed by atoms with Gasteiger partial charge in [-0.15, -0.1) is 10.2 Å². The first kappa shape index (κ1) is 15.3.